The number of phenols is 1. The van der Waals surface area contributed by atoms with Crippen LogP contribution in [-0.2, 0) is 5.60 Å². The van der Waals surface area contributed by atoms with E-state index in [4.69, 9.17) is 0 Å². The number of aliphatic hydroxyl groups is 1. The molecule has 0 saturated heterocycles. The number of nitrogens with zero attached hydrogens (tertiary/aromatic N) is 1. The SMILES string of the molecule is Oc1ccc(C2(O)CC2)c2cccnc12. The number of aromatic hydroxyl groups is 1. The van der Waals surface area contributed by atoms with E-state index in [-0.39, 0.29) is 5.75 Å². The van der Waals surface area contributed by atoms with Crippen molar-refractivity contribution in [2.24, 2.45) is 0 Å². The maximum atomic E-state index is 10.1. The summed E-state index contributed by atoms with van der Waals surface area (Å²) >= 11 is 0. The largest absolute Gasteiger partial charge is 0.506 e. The zero-order chi connectivity index (χ0) is 10.5. The monoisotopic (exact) mass is 201 g/mol. The number of rotatable bonds is 1. The van der Waals surface area contributed by atoms with Gasteiger partial charge in [-0.25, -0.2) is 0 Å². The molecule has 0 amide bonds. The quantitative estimate of drug-likeness (QED) is 0.741. The molecule has 1 fully saturated rings. The van der Waals surface area contributed by atoms with Gasteiger partial charge >= 0.3 is 0 Å². The fraction of sp³-hybridized carbons (Fsp3) is 0.250. The van der Waals surface area contributed by atoms with Crippen molar-refractivity contribution in [1.29, 1.82) is 0 Å². The molecular formula is C12H11NO2. The molecule has 0 unspecified atom stereocenters. The third-order valence-electron chi connectivity index (χ3n) is 2.97. The molecule has 1 aliphatic carbocycles. The first-order chi connectivity index (χ1) is 7.21. The minimum atomic E-state index is -0.686. The molecular weight excluding hydrogens is 190 g/mol. The van der Waals surface area contributed by atoms with E-state index >= 15 is 0 Å². The zero-order valence-electron chi connectivity index (χ0n) is 8.14. The summed E-state index contributed by atoms with van der Waals surface area (Å²) < 4.78 is 0. The second-order valence-electron chi connectivity index (χ2n) is 4.06. The van der Waals surface area contributed by atoms with Gasteiger partial charge in [0.1, 0.15) is 11.3 Å². The summed E-state index contributed by atoms with van der Waals surface area (Å²) in [7, 11) is 0. The summed E-state index contributed by atoms with van der Waals surface area (Å²) in [6, 6.07) is 7.08. The molecule has 2 aromatic rings. The molecule has 1 aromatic carbocycles. The van der Waals surface area contributed by atoms with Gasteiger partial charge in [0.2, 0.25) is 0 Å². The van der Waals surface area contributed by atoms with Crippen molar-refractivity contribution in [3.05, 3.63) is 36.0 Å². The molecule has 0 spiro atoms. The molecule has 1 saturated carbocycles. The Bertz CT molecular complexity index is 532. The third-order valence-corrected chi connectivity index (χ3v) is 2.97. The maximum Gasteiger partial charge on any atom is 0.141 e. The predicted molar refractivity (Wildman–Crippen MR) is 56.5 cm³/mol. The Kier molecular flexibility index (Phi) is 1.56. The van der Waals surface area contributed by atoms with Crippen LogP contribution in [-0.4, -0.2) is 15.2 Å². The van der Waals surface area contributed by atoms with E-state index in [1.807, 2.05) is 12.1 Å². The van der Waals surface area contributed by atoms with Crippen LogP contribution in [0.4, 0.5) is 0 Å². The highest BCUT2D eigenvalue weighted by Gasteiger charge is 2.43. The molecule has 3 rings (SSSR count). The molecule has 1 aromatic heterocycles. The summed E-state index contributed by atoms with van der Waals surface area (Å²) in [6.45, 7) is 0. The normalized spacial score (nSPS) is 17.9. The van der Waals surface area contributed by atoms with Crippen molar-refractivity contribution < 1.29 is 10.2 Å². The topological polar surface area (TPSA) is 53.4 Å². The number of hydrogen-bond acceptors (Lipinski definition) is 3. The lowest BCUT2D eigenvalue weighted by molar-refractivity contribution is 0.153. The molecule has 3 heteroatoms. The Morgan fingerprint density at radius 2 is 2.00 bits per heavy atom. The molecule has 0 radical (unpaired) electrons. The summed E-state index contributed by atoms with van der Waals surface area (Å²) in [6.07, 6.45) is 3.23. The molecule has 1 heterocycles. The minimum absolute atomic E-state index is 0.165. The van der Waals surface area contributed by atoms with Gasteiger partial charge in [-0.1, -0.05) is 12.1 Å². The molecule has 1 aliphatic rings. The van der Waals surface area contributed by atoms with Crippen LogP contribution < -0.4 is 0 Å². The number of benzene rings is 1. The number of fused-ring (bicyclic) bond motifs is 1. The Morgan fingerprint density at radius 3 is 2.73 bits per heavy atom. The van der Waals surface area contributed by atoms with Crippen molar-refractivity contribution in [2.75, 3.05) is 0 Å². The standard InChI is InChI=1S/C12H11NO2/c14-10-4-3-9(12(15)5-6-12)8-2-1-7-13-11(8)10/h1-4,7,14-15H,5-6H2. The van der Waals surface area contributed by atoms with E-state index in [9.17, 15) is 10.2 Å². The minimum Gasteiger partial charge on any atom is -0.506 e. The van der Waals surface area contributed by atoms with Crippen LogP contribution in [0.25, 0.3) is 10.9 Å². The number of hydrogen-bond donors (Lipinski definition) is 2. The maximum absolute atomic E-state index is 10.1. The molecule has 0 aliphatic heterocycles. The van der Waals surface area contributed by atoms with Crippen LogP contribution in [0.1, 0.15) is 18.4 Å². The lowest BCUT2D eigenvalue weighted by Crippen LogP contribution is -2.04. The predicted octanol–water partition coefficient (Wildman–Crippen LogP) is 1.92. The number of pyridine rings is 1. The number of aromatic nitrogens is 1. The van der Waals surface area contributed by atoms with Gasteiger partial charge in [0.05, 0.1) is 5.60 Å². The van der Waals surface area contributed by atoms with Gasteiger partial charge in [0.25, 0.3) is 0 Å². The molecule has 0 bridgehead atoms. The van der Waals surface area contributed by atoms with Crippen molar-refractivity contribution in [3.8, 4) is 5.75 Å². The van der Waals surface area contributed by atoms with E-state index in [1.54, 1.807) is 18.3 Å². The third kappa shape index (κ3) is 1.20. The molecule has 3 nitrogen and oxygen atoms in total. The van der Waals surface area contributed by atoms with Crippen LogP contribution in [0.5, 0.6) is 5.75 Å². The van der Waals surface area contributed by atoms with Gasteiger partial charge in [-0.2, -0.15) is 0 Å². The average molecular weight is 201 g/mol. The van der Waals surface area contributed by atoms with Crippen molar-refractivity contribution >= 4 is 10.9 Å². The Balaban J connectivity index is 2.36. The van der Waals surface area contributed by atoms with Crippen LogP contribution in [0, 0.1) is 0 Å². The first kappa shape index (κ1) is 8.68. The zero-order valence-corrected chi connectivity index (χ0v) is 8.14. The summed E-state index contributed by atoms with van der Waals surface area (Å²) in [5, 5.41) is 20.6. The van der Waals surface area contributed by atoms with Gasteiger partial charge in [-0.15, -0.1) is 0 Å². The highest BCUT2D eigenvalue weighted by atomic mass is 16.3. The van der Waals surface area contributed by atoms with Crippen molar-refractivity contribution in [2.45, 2.75) is 18.4 Å². The van der Waals surface area contributed by atoms with E-state index in [0.717, 1.165) is 23.8 Å². The Morgan fingerprint density at radius 1 is 1.20 bits per heavy atom. The fourth-order valence-electron chi connectivity index (χ4n) is 1.95. The second-order valence-corrected chi connectivity index (χ2v) is 4.06. The Labute approximate surface area is 87.0 Å². The molecule has 0 atom stereocenters. The van der Waals surface area contributed by atoms with E-state index < -0.39 is 5.60 Å². The fourth-order valence-corrected chi connectivity index (χ4v) is 1.95. The summed E-state index contributed by atoms with van der Waals surface area (Å²) in [5.41, 5.74) is 0.758. The van der Waals surface area contributed by atoms with Crippen molar-refractivity contribution in [3.63, 3.8) is 0 Å². The summed E-state index contributed by atoms with van der Waals surface area (Å²) in [4.78, 5) is 4.12. The van der Waals surface area contributed by atoms with Gasteiger partial charge in [-0.05, 0) is 30.5 Å². The van der Waals surface area contributed by atoms with Gasteiger partial charge in [0, 0.05) is 11.6 Å². The van der Waals surface area contributed by atoms with Crippen LogP contribution >= 0.6 is 0 Å². The molecule has 76 valence electrons. The summed E-state index contributed by atoms with van der Waals surface area (Å²) in [5.74, 6) is 0.165. The van der Waals surface area contributed by atoms with E-state index in [1.165, 1.54) is 0 Å². The lowest BCUT2D eigenvalue weighted by Gasteiger charge is -2.11. The highest BCUT2D eigenvalue weighted by molar-refractivity contribution is 5.88. The van der Waals surface area contributed by atoms with Crippen LogP contribution in [0.3, 0.4) is 0 Å². The van der Waals surface area contributed by atoms with E-state index in [2.05, 4.69) is 4.98 Å². The van der Waals surface area contributed by atoms with Crippen LogP contribution in [0.15, 0.2) is 30.5 Å². The molecule has 2 N–H and O–H groups in total. The van der Waals surface area contributed by atoms with Gasteiger partial charge in [-0.3, -0.25) is 4.98 Å². The first-order valence-electron chi connectivity index (χ1n) is 5.00. The second kappa shape index (κ2) is 2.70. The van der Waals surface area contributed by atoms with E-state index in [0.29, 0.717) is 5.52 Å². The first-order valence-corrected chi connectivity index (χ1v) is 5.00. The lowest BCUT2D eigenvalue weighted by atomic mass is 10.0. The van der Waals surface area contributed by atoms with Gasteiger partial charge in [0.15, 0.2) is 0 Å². The smallest absolute Gasteiger partial charge is 0.141 e. The van der Waals surface area contributed by atoms with Crippen molar-refractivity contribution in [1.82, 2.24) is 4.98 Å². The molecule has 15 heavy (non-hydrogen) atoms. The Hall–Kier alpha value is -1.61. The van der Waals surface area contributed by atoms with Crippen LogP contribution in [0.2, 0.25) is 0 Å². The highest BCUT2D eigenvalue weighted by Crippen LogP contribution is 2.48. The average Bonchev–Trinajstić information content (AvgIpc) is 2.98. The number of phenolic OH excluding ortho intramolecular Hbond substituents is 1. The van der Waals surface area contributed by atoms with Gasteiger partial charge < -0.3 is 10.2 Å².